The average Bonchev–Trinajstić information content (AvgIpc) is 3.24. The Bertz CT molecular complexity index is 738. The van der Waals surface area contributed by atoms with E-state index in [1.54, 1.807) is 12.5 Å². The molecule has 120 valence electrons. The van der Waals surface area contributed by atoms with E-state index in [1.807, 2.05) is 36.2 Å². The van der Waals surface area contributed by atoms with Gasteiger partial charge in [-0.3, -0.25) is 9.69 Å². The lowest BCUT2D eigenvalue weighted by molar-refractivity contribution is -0.124. The number of amides is 1. The van der Waals surface area contributed by atoms with Gasteiger partial charge in [-0.1, -0.05) is 18.2 Å². The Hall–Kier alpha value is -2.07. The molecule has 0 bridgehead atoms. The predicted octanol–water partition coefficient (Wildman–Crippen LogP) is 3.35. The van der Waals surface area contributed by atoms with E-state index >= 15 is 0 Å². The molecule has 1 saturated heterocycles. The number of para-hydroxylation sites is 1. The molecule has 2 aromatic rings. The van der Waals surface area contributed by atoms with Crippen molar-refractivity contribution in [2.45, 2.75) is 37.8 Å². The van der Waals surface area contributed by atoms with Crippen molar-refractivity contribution in [1.82, 2.24) is 4.90 Å². The van der Waals surface area contributed by atoms with Gasteiger partial charge in [0.25, 0.3) is 0 Å². The number of likely N-dealkylation sites (N-methyl/N-ethyl adjacent to an activating group) is 1. The molecule has 2 aliphatic rings. The topological polar surface area (TPSA) is 36.7 Å². The lowest BCUT2D eigenvalue weighted by atomic mass is 9.73. The number of carbonyl (C=O) groups is 1. The van der Waals surface area contributed by atoms with Gasteiger partial charge in [0.05, 0.1) is 24.0 Å². The van der Waals surface area contributed by atoms with E-state index in [2.05, 4.69) is 24.8 Å². The summed E-state index contributed by atoms with van der Waals surface area (Å²) in [6.45, 7) is 5.31. The Morgan fingerprint density at radius 3 is 2.74 bits per heavy atom. The number of hydrogen-bond acceptors (Lipinski definition) is 3. The van der Waals surface area contributed by atoms with Crippen molar-refractivity contribution in [3.63, 3.8) is 0 Å². The predicted molar refractivity (Wildman–Crippen MR) is 89.4 cm³/mol. The zero-order valence-electron chi connectivity index (χ0n) is 13.8. The first kappa shape index (κ1) is 14.5. The van der Waals surface area contributed by atoms with Crippen LogP contribution in [0.3, 0.4) is 0 Å². The molecule has 2 atom stereocenters. The van der Waals surface area contributed by atoms with Crippen molar-refractivity contribution >= 4 is 11.6 Å². The van der Waals surface area contributed by atoms with E-state index in [4.69, 9.17) is 4.42 Å². The number of benzene rings is 1. The Kier molecular flexibility index (Phi) is 3.13. The quantitative estimate of drug-likeness (QED) is 0.853. The normalized spacial score (nSPS) is 27.4. The first-order valence-corrected chi connectivity index (χ1v) is 8.23. The van der Waals surface area contributed by atoms with Crippen molar-refractivity contribution in [2.75, 3.05) is 18.5 Å². The summed E-state index contributed by atoms with van der Waals surface area (Å²) in [5.41, 5.74) is 2.78. The largest absolute Gasteiger partial charge is 0.472 e. The molecule has 4 nitrogen and oxygen atoms in total. The van der Waals surface area contributed by atoms with Crippen LogP contribution >= 0.6 is 0 Å². The summed E-state index contributed by atoms with van der Waals surface area (Å²) in [7, 11) is 1.89. The lowest BCUT2D eigenvalue weighted by Gasteiger charge is -2.35. The highest BCUT2D eigenvalue weighted by atomic mass is 16.3. The van der Waals surface area contributed by atoms with Crippen molar-refractivity contribution in [1.29, 1.82) is 0 Å². The van der Waals surface area contributed by atoms with Crippen LogP contribution < -0.4 is 4.90 Å². The Morgan fingerprint density at radius 2 is 2.04 bits per heavy atom. The molecule has 0 saturated carbocycles. The van der Waals surface area contributed by atoms with Crippen LogP contribution in [0, 0.1) is 0 Å². The number of anilines is 1. The maximum Gasteiger partial charge on any atom is 0.239 e. The zero-order chi connectivity index (χ0) is 16.2. The minimum atomic E-state index is -0.501. The maximum absolute atomic E-state index is 13.3. The van der Waals surface area contributed by atoms with E-state index in [0.717, 1.165) is 29.8 Å². The van der Waals surface area contributed by atoms with Crippen molar-refractivity contribution in [2.24, 2.45) is 0 Å². The minimum Gasteiger partial charge on any atom is -0.472 e. The fourth-order valence-electron chi connectivity index (χ4n) is 4.49. The van der Waals surface area contributed by atoms with Gasteiger partial charge in [-0.05, 0) is 38.0 Å². The average molecular weight is 310 g/mol. The van der Waals surface area contributed by atoms with Crippen LogP contribution in [0.4, 0.5) is 5.69 Å². The van der Waals surface area contributed by atoms with E-state index in [1.165, 1.54) is 0 Å². The number of fused-ring (bicyclic) bond motifs is 2. The summed E-state index contributed by atoms with van der Waals surface area (Å²) in [6, 6.07) is 10.6. The Balaban J connectivity index is 1.94. The fourth-order valence-corrected chi connectivity index (χ4v) is 4.49. The summed E-state index contributed by atoms with van der Waals surface area (Å²) >= 11 is 0. The van der Waals surface area contributed by atoms with Gasteiger partial charge in [0.1, 0.15) is 0 Å². The van der Waals surface area contributed by atoms with E-state index in [9.17, 15) is 4.79 Å². The third-order valence-electron chi connectivity index (χ3n) is 5.52. The molecule has 4 rings (SSSR count). The monoisotopic (exact) mass is 310 g/mol. The highest BCUT2D eigenvalue weighted by Crippen LogP contribution is 2.56. The van der Waals surface area contributed by atoms with Crippen LogP contribution in [0.15, 0.2) is 47.3 Å². The second kappa shape index (κ2) is 4.96. The van der Waals surface area contributed by atoms with Crippen LogP contribution in [0.25, 0.3) is 0 Å². The summed E-state index contributed by atoms with van der Waals surface area (Å²) in [6.07, 6.45) is 4.34. The van der Waals surface area contributed by atoms with Crippen molar-refractivity contribution < 1.29 is 9.21 Å². The third-order valence-corrected chi connectivity index (χ3v) is 5.52. The summed E-state index contributed by atoms with van der Waals surface area (Å²) < 4.78 is 5.36. The second-order valence-corrected chi connectivity index (χ2v) is 6.89. The molecule has 1 aromatic carbocycles. The molecule has 23 heavy (non-hydrogen) atoms. The third kappa shape index (κ3) is 1.78. The molecule has 0 N–H and O–H groups in total. The molecule has 4 heteroatoms. The van der Waals surface area contributed by atoms with Gasteiger partial charge < -0.3 is 9.32 Å². The molecule has 1 aromatic heterocycles. The van der Waals surface area contributed by atoms with E-state index in [0.29, 0.717) is 6.04 Å². The van der Waals surface area contributed by atoms with Gasteiger partial charge in [-0.2, -0.15) is 0 Å². The maximum atomic E-state index is 13.3. The molecular weight excluding hydrogens is 288 g/mol. The van der Waals surface area contributed by atoms with Crippen molar-refractivity contribution in [3.8, 4) is 0 Å². The van der Waals surface area contributed by atoms with Crippen LogP contribution in [0.2, 0.25) is 0 Å². The first-order chi connectivity index (χ1) is 11.1. The van der Waals surface area contributed by atoms with E-state index in [-0.39, 0.29) is 11.9 Å². The van der Waals surface area contributed by atoms with E-state index < -0.39 is 5.41 Å². The van der Waals surface area contributed by atoms with Crippen LogP contribution in [-0.2, 0) is 10.2 Å². The number of carbonyl (C=O) groups excluding carboxylic acids is 1. The second-order valence-electron chi connectivity index (χ2n) is 6.89. The number of hydrogen-bond donors (Lipinski definition) is 0. The highest BCUT2D eigenvalue weighted by molar-refractivity contribution is 6.08. The highest BCUT2D eigenvalue weighted by Gasteiger charge is 2.60. The molecule has 3 heterocycles. The number of furan rings is 1. The molecule has 0 aliphatic carbocycles. The van der Waals surface area contributed by atoms with Gasteiger partial charge in [-0.25, -0.2) is 0 Å². The molecule has 1 amide bonds. The Morgan fingerprint density at radius 1 is 1.26 bits per heavy atom. The standard InChI is InChI=1S/C19H22N2O2/c1-13(2)21-10-9-19(17(21)14-8-11-23-12-14)15-6-4-5-7-16(15)20(3)18(19)22/h4-8,11-13,17H,9-10H2,1-3H3/t17-,19-/m0/s1. The number of nitrogens with zero attached hydrogens (tertiary/aromatic N) is 2. The molecule has 0 unspecified atom stereocenters. The molecule has 1 spiro atoms. The number of likely N-dealkylation sites (tertiary alicyclic amines) is 1. The van der Waals surface area contributed by atoms with Crippen LogP contribution in [0.1, 0.15) is 37.4 Å². The van der Waals surface area contributed by atoms with Crippen molar-refractivity contribution in [3.05, 3.63) is 54.0 Å². The summed E-state index contributed by atoms with van der Waals surface area (Å²) in [4.78, 5) is 17.6. The van der Waals surface area contributed by atoms with Gasteiger partial charge in [0.15, 0.2) is 0 Å². The van der Waals surface area contributed by atoms with Gasteiger partial charge in [-0.15, -0.1) is 0 Å². The van der Waals surface area contributed by atoms with Gasteiger partial charge in [0, 0.05) is 30.9 Å². The minimum absolute atomic E-state index is 0.0276. The van der Waals surface area contributed by atoms with Crippen LogP contribution in [0.5, 0.6) is 0 Å². The van der Waals surface area contributed by atoms with Crippen LogP contribution in [-0.4, -0.2) is 30.4 Å². The van der Waals surface area contributed by atoms with Gasteiger partial charge in [0.2, 0.25) is 5.91 Å². The summed E-state index contributed by atoms with van der Waals surface area (Å²) in [5, 5.41) is 0. The van der Waals surface area contributed by atoms with Gasteiger partial charge >= 0.3 is 0 Å². The number of rotatable bonds is 2. The fraction of sp³-hybridized carbons (Fsp3) is 0.421. The Labute approximate surface area is 136 Å². The molecular formula is C19H22N2O2. The first-order valence-electron chi connectivity index (χ1n) is 8.23. The summed E-state index contributed by atoms with van der Waals surface area (Å²) in [5.74, 6) is 0.202. The lowest BCUT2D eigenvalue weighted by Crippen LogP contribution is -2.44. The smallest absolute Gasteiger partial charge is 0.239 e. The zero-order valence-corrected chi connectivity index (χ0v) is 13.8. The molecule has 2 aliphatic heterocycles. The SMILES string of the molecule is CC(C)N1CC[C@@]2(C(=O)N(C)c3ccccc32)[C@@H]1c1ccoc1. The molecule has 1 fully saturated rings. The molecule has 0 radical (unpaired) electrons.